The molecule has 0 heterocycles. The lowest BCUT2D eigenvalue weighted by Crippen LogP contribution is -2.37. The molecule has 1 atom stereocenters. The molecule has 0 spiro atoms. The van der Waals surface area contributed by atoms with E-state index in [4.69, 9.17) is 10.6 Å². The van der Waals surface area contributed by atoms with Gasteiger partial charge in [0.25, 0.3) is 5.69 Å². The Labute approximate surface area is 122 Å². The summed E-state index contributed by atoms with van der Waals surface area (Å²) in [5.41, 5.74) is 1.78. The van der Waals surface area contributed by atoms with Crippen molar-refractivity contribution in [1.82, 2.24) is 4.31 Å². The maximum absolute atomic E-state index is 12.4. The highest BCUT2D eigenvalue weighted by molar-refractivity contribution is 7.89. The standard InChI is InChI=1S/C11H18N4O5S/c1-8(7-20-3)14(2)21(18,19)9-4-5-10(13-12)11(6-9)15(16)17/h4-6,8,13H,7,12H2,1-3H3. The van der Waals surface area contributed by atoms with Gasteiger partial charge in [0.2, 0.25) is 10.0 Å². The van der Waals surface area contributed by atoms with Crippen LogP contribution >= 0.6 is 0 Å². The van der Waals surface area contributed by atoms with Crippen molar-refractivity contribution in [2.24, 2.45) is 5.84 Å². The van der Waals surface area contributed by atoms with Gasteiger partial charge in [0, 0.05) is 26.3 Å². The summed E-state index contributed by atoms with van der Waals surface area (Å²) in [5, 5.41) is 10.9. The molecule has 0 aromatic heterocycles. The molecule has 1 aromatic rings. The summed E-state index contributed by atoms with van der Waals surface area (Å²) in [6, 6.07) is 3.07. The number of methoxy groups -OCH3 is 1. The highest BCUT2D eigenvalue weighted by Crippen LogP contribution is 2.28. The molecule has 1 aromatic carbocycles. The van der Waals surface area contributed by atoms with E-state index >= 15 is 0 Å². The predicted octanol–water partition coefficient (Wildman–Crippen LogP) is 0.536. The van der Waals surface area contributed by atoms with E-state index in [2.05, 4.69) is 5.43 Å². The number of hydrogen-bond acceptors (Lipinski definition) is 7. The van der Waals surface area contributed by atoms with E-state index in [1.807, 2.05) is 0 Å². The number of nitro groups is 1. The van der Waals surface area contributed by atoms with Gasteiger partial charge in [-0.3, -0.25) is 16.0 Å². The van der Waals surface area contributed by atoms with Crippen LogP contribution in [-0.4, -0.2) is 44.5 Å². The molecule has 0 saturated carbocycles. The fraction of sp³-hybridized carbons (Fsp3) is 0.455. The molecule has 3 N–H and O–H groups in total. The third-order valence-corrected chi connectivity index (χ3v) is 4.99. The maximum atomic E-state index is 12.4. The van der Waals surface area contributed by atoms with Crippen LogP contribution in [0.2, 0.25) is 0 Å². The van der Waals surface area contributed by atoms with Crippen molar-refractivity contribution in [3.05, 3.63) is 28.3 Å². The Balaban J connectivity index is 3.26. The zero-order valence-electron chi connectivity index (χ0n) is 11.9. The maximum Gasteiger partial charge on any atom is 0.294 e. The molecule has 118 valence electrons. The number of likely N-dealkylation sites (N-methyl/N-ethyl adjacent to an activating group) is 1. The molecule has 0 aliphatic rings. The van der Waals surface area contributed by atoms with Crippen LogP contribution in [0.1, 0.15) is 6.92 Å². The Morgan fingerprint density at radius 3 is 2.62 bits per heavy atom. The van der Waals surface area contributed by atoms with E-state index < -0.39 is 26.7 Å². The summed E-state index contributed by atoms with van der Waals surface area (Å²) < 4.78 is 30.9. The van der Waals surface area contributed by atoms with Crippen LogP contribution in [-0.2, 0) is 14.8 Å². The lowest BCUT2D eigenvalue weighted by atomic mass is 10.3. The molecule has 0 radical (unpaired) electrons. The minimum absolute atomic E-state index is 0.0338. The van der Waals surface area contributed by atoms with Crippen molar-refractivity contribution in [1.29, 1.82) is 0 Å². The molecular weight excluding hydrogens is 300 g/mol. The van der Waals surface area contributed by atoms with E-state index in [0.717, 1.165) is 10.4 Å². The number of benzene rings is 1. The van der Waals surface area contributed by atoms with Gasteiger partial charge in [0.1, 0.15) is 5.69 Å². The first-order chi connectivity index (χ1) is 9.75. The van der Waals surface area contributed by atoms with Crippen LogP contribution in [0, 0.1) is 10.1 Å². The number of nitrogen functional groups attached to an aromatic ring is 1. The molecule has 0 aliphatic carbocycles. The normalized spacial score (nSPS) is 13.2. The number of rotatable bonds is 7. The van der Waals surface area contributed by atoms with Crippen LogP contribution in [0.3, 0.4) is 0 Å². The summed E-state index contributed by atoms with van der Waals surface area (Å²) in [7, 11) is -1.01. The molecule has 9 nitrogen and oxygen atoms in total. The van der Waals surface area contributed by atoms with E-state index in [9.17, 15) is 18.5 Å². The summed E-state index contributed by atoms with van der Waals surface area (Å²) in [6.45, 7) is 1.88. The van der Waals surface area contributed by atoms with Gasteiger partial charge >= 0.3 is 0 Å². The number of sulfonamides is 1. The monoisotopic (exact) mass is 318 g/mol. The average Bonchev–Trinajstić information content (AvgIpc) is 2.45. The number of anilines is 1. The molecule has 10 heteroatoms. The van der Waals surface area contributed by atoms with Crippen molar-refractivity contribution in [3.8, 4) is 0 Å². The fourth-order valence-electron chi connectivity index (χ4n) is 1.69. The number of nitrogens with one attached hydrogen (secondary N) is 1. The molecule has 1 rings (SSSR count). The number of hydrogen-bond donors (Lipinski definition) is 2. The van der Waals surface area contributed by atoms with Crippen molar-refractivity contribution in [2.45, 2.75) is 17.9 Å². The second-order valence-electron chi connectivity index (χ2n) is 4.41. The third-order valence-electron chi connectivity index (χ3n) is 3.03. The Morgan fingerprint density at radius 1 is 1.52 bits per heavy atom. The Kier molecular flexibility index (Phi) is 5.61. The van der Waals surface area contributed by atoms with Gasteiger partial charge in [0.15, 0.2) is 0 Å². The zero-order valence-corrected chi connectivity index (χ0v) is 12.8. The summed E-state index contributed by atoms with van der Waals surface area (Å²) in [6.07, 6.45) is 0. The largest absolute Gasteiger partial charge is 0.383 e. The first-order valence-electron chi connectivity index (χ1n) is 5.97. The first-order valence-corrected chi connectivity index (χ1v) is 7.41. The summed E-state index contributed by atoms with van der Waals surface area (Å²) in [4.78, 5) is 10.1. The van der Waals surface area contributed by atoms with Gasteiger partial charge in [-0.15, -0.1) is 0 Å². The van der Waals surface area contributed by atoms with E-state index in [1.165, 1.54) is 26.3 Å². The van der Waals surface area contributed by atoms with Gasteiger partial charge < -0.3 is 10.2 Å². The highest BCUT2D eigenvalue weighted by atomic mass is 32.2. The van der Waals surface area contributed by atoms with Crippen molar-refractivity contribution in [3.63, 3.8) is 0 Å². The molecule has 0 fully saturated rings. The average molecular weight is 318 g/mol. The van der Waals surface area contributed by atoms with Crippen molar-refractivity contribution < 1.29 is 18.1 Å². The quantitative estimate of drug-likeness (QED) is 0.426. The number of ether oxygens (including phenoxy) is 1. The number of nitrogens with two attached hydrogens (primary N) is 1. The van der Waals surface area contributed by atoms with E-state index in [-0.39, 0.29) is 17.2 Å². The molecule has 1 unspecified atom stereocenters. The molecule has 0 amide bonds. The van der Waals surface area contributed by atoms with Gasteiger partial charge in [-0.05, 0) is 19.1 Å². The smallest absolute Gasteiger partial charge is 0.294 e. The van der Waals surface area contributed by atoms with Gasteiger partial charge in [-0.1, -0.05) is 0 Å². The SMILES string of the molecule is COCC(C)N(C)S(=O)(=O)c1ccc(NN)c([N+](=O)[O-])c1. The number of nitro benzene ring substituents is 1. The molecule has 21 heavy (non-hydrogen) atoms. The van der Waals surface area contributed by atoms with Gasteiger partial charge in [-0.2, -0.15) is 4.31 Å². The Hall–Kier alpha value is -1.75. The summed E-state index contributed by atoms with van der Waals surface area (Å²) in [5.74, 6) is 5.16. The molecule has 0 bridgehead atoms. The molecular formula is C11H18N4O5S. The topological polar surface area (TPSA) is 128 Å². The van der Waals surface area contributed by atoms with E-state index in [0.29, 0.717) is 0 Å². The predicted molar refractivity (Wildman–Crippen MR) is 77.2 cm³/mol. The number of nitrogens with zero attached hydrogens (tertiary/aromatic N) is 2. The summed E-state index contributed by atoms with van der Waals surface area (Å²) >= 11 is 0. The van der Waals surface area contributed by atoms with Crippen molar-refractivity contribution in [2.75, 3.05) is 26.2 Å². The van der Waals surface area contributed by atoms with Crippen LogP contribution in [0.15, 0.2) is 23.1 Å². The minimum Gasteiger partial charge on any atom is -0.383 e. The fourth-order valence-corrected chi connectivity index (χ4v) is 3.06. The highest BCUT2D eigenvalue weighted by Gasteiger charge is 2.28. The number of hydrazine groups is 1. The molecule has 0 aliphatic heterocycles. The third kappa shape index (κ3) is 3.67. The minimum atomic E-state index is -3.86. The first kappa shape index (κ1) is 17.3. The van der Waals surface area contributed by atoms with Crippen LogP contribution in [0.4, 0.5) is 11.4 Å². The van der Waals surface area contributed by atoms with Crippen LogP contribution in [0.5, 0.6) is 0 Å². The van der Waals surface area contributed by atoms with Gasteiger partial charge in [0.05, 0.1) is 16.4 Å². The van der Waals surface area contributed by atoms with Gasteiger partial charge in [-0.25, -0.2) is 8.42 Å². The lowest BCUT2D eigenvalue weighted by Gasteiger charge is -2.23. The lowest BCUT2D eigenvalue weighted by molar-refractivity contribution is -0.384. The second-order valence-corrected chi connectivity index (χ2v) is 6.40. The molecule has 0 saturated heterocycles. The Morgan fingerprint density at radius 2 is 2.14 bits per heavy atom. The van der Waals surface area contributed by atoms with Crippen LogP contribution in [0.25, 0.3) is 0 Å². The van der Waals surface area contributed by atoms with Crippen LogP contribution < -0.4 is 11.3 Å². The van der Waals surface area contributed by atoms with E-state index in [1.54, 1.807) is 6.92 Å². The Bertz CT molecular complexity index is 619. The zero-order chi connectivity index (χ0) is 16.2. The second kappa shape index (κ2) is 6.80. The van der Waals surface area contributed by atoms with Crippen molar-refractivity contribution >= 4 is 21.4 Å².